The standard InChI is InChI=1S/C18H19N3O4/c1-9(19-18(25)20-12-4-2-3-5-13(12)22)21-16(23)14-10-6-7-11(8-10)15(14)17(21)24/h2-7,9-11,14-15,22H,8H2,1H3,(H2,19,20,25). The van der Waals surface area contributed by atoms with E-state index in [0.717, 1.165) is 6.42 Å². The molecule has 4 rings (SSSR count). The summed E-state index contributed by atoms with van der Waals surface area (Å²) in [6.45, 7) is 1.61. The van der Waals surface area contributed by atoms with E-state index in [9.17, 15) is 19.5 Å². The van der Waals surface area contributed by atoms with E-state index in [0.29, 0.717) is 0 Å². The molecule has 1 heterocycles. The SMILES string of the molecule is CC(NC(=O)Nc1ccccc1O)N1C(=O)C2C3C=CC(C3)C2C1=O. The number of hydrogen-bond donors (Lipinski definition) is 3. The Morgan fingerprint density at radius 2 is 1.76 bits per heavy atom. The van der Waals surface area contributed by atoms with Crippen molar-refractivity contribution in [3.05, 3.63) is 36.4 Å². The number of nitrogens with zero attached hydrogens (tertiary/aromatic N) is 1. The number of phenols is 1. The molecule has 2 aliphatic carbocycles. The summed E-state index contributed by atoms with van der Waals surface area (Å²) in [5.41, 5.74) is 0.255. The number of benzene rings is 1. The number of amides is 4. The first kappa shape index (κ1) is 15.7. The maximum absolute atomic E-state index is 12.7. The molecule has 3 aliphatic rings. The lowest BCUT2D eigenvalue weighted by molar-refractivity contribution is -0.143. The zero-order chi connectivity index (χ0) is 17.7. The number of likely N-dealkylation sites (tertiary alicyclic amines) is 1. The molecule has 0 aromatic heterocycles. The van der Waals surface area contributed by atoms with E-state index in [1.807, 2.05) is 12.2 Å². The van der Waals surface area contributed by atoms with E-state index in [1.165, 1.54) is 11.0 Å². The van der Waals surface area contributed by atoms with Gasteiger partial charge in [-0.1, -0.05) is 24.3 Å². The van der Waals surface area contributed by atoms with Crippen molar-refractivity contribution < 1.29 is 19.5 Å². The van der Waals surface area contributed by atoms with Crippen molar-refractivity contribution in [1.29, 1.82) is 0 Å². The molecule has 1 saturated heterocycles. The summed E-state index contributed by atoms with van der Waals surface area (Å²) in [5.74, 6) is -0.765. The molecule has 5 unspecified atom stereocenters. The number of imide groups is 1. The molecule has 4 amide bonds. The second kappa shape index (κ2) is 5.61. The molecule has 0 radical (unpaired) electrons. The highest BCUT2D eigenvalue weighted by Crippen LogP contribution is 2.52. The molecule has 0 spiro atoms. The van der Waals surface area contributed by atoms with Crippen LogP contribution in [-0.4, -0.2) is 34.0 Å². The van der Waals surface area contributed by atoms with Crippen LogP contribution >= 0.6 is 0 Å². The van der Waals surface area contributed by atoms with Crippen LogP contribution < -0.4 is 10.6 Å². The van der Waals surface area contributed by atoms with Gasteiger partial charge in [0.2, 0.25) is 11.8 Å². The van der Waals surface area contributed by atoms with Gasteiger partial charge in [0, 0.05) is 0 Å². The Morgan fingerprint density at radius 1 is 1.16 bits per heavy atom. The summed E-state index contributed by atoms with van der Waals surface area (Å²) >= 11 is 0. The third-order valence-electron chi connectivity index (χ3n) is 5.38. The molecule has 1 aliphatic heterocycles. The van der Waals surface area contributed by atoms with Crippen molar-refractivity contribution in [2.75, 3.05) is 5.32 Å². The number of allylic oxidation sites excluding steroid dienone is 2. The minimum atomic E-state index is -0.754. The molecule has 3 N–H and O–H groups in total. The molecule has 1 saturated carbocycles. The largest absolute Gasteiger partial charge is 0.506 e. The Hall–Kier alpha value is -2.83. The fourth-order valence-corrected chi connectivity index (χ4v) is 4.30. The third-order valence-corrected chi connectivity index (χ3v) is 5.38. The van der Waals surface area contributed by atoms with Crippen LogP contribution in [0.25, 0.3) is 0 Å². The van der Waals surface area contributed by atoms with E-state index in [1.54, 1.807) is 25.1 Å². The lowest BCUT2D eigenvalue weighted by Gasteiger charge is -2.25. The van der Waals surface area contributed by atoms with Gasteiger partial charge in [0.05, 0.1) is 17.5 Å². The number of nitrogens with one attached hydrogen (secondary N) is 2. The molecular formula is C18H19N3O4. The van der Waals surface area contributed by atoms with Crippen LogP contribution in [0.1, 0.15) is 13.3 Å². The quantitative estimate of drug-likeness (QED) is 0.442. The minimum Gasteiger partial charge on any atom is -0.506 e. The van der Waals surface area contributed by atoms with Crippen molar-refractivity contribution in [3.8, 4) is 5.75 Å². The Balaban J connectivity index is 1.44. The van der Waals surface area contributed by atoms with Crippen LogP contribution in [0.15, 0.2) is 36.4 Å². The van der Waals surface area contributed by atoms with Crippen molar-refractivity contribution in [3.63, 3.8) is 0 Å². The average molecular weight is 341 g/mol. The number of rotatable bonds is 3. The molecule has 7 heteroatoms. The third kappa shape index (κ3) is 2.38. The van der Waals surface area contributed by atoms with E-state index in [-0.39, 0.29) is 46.9 Å². The Bertz CT molecular complexity index is 760. The summed E-state index contributed by atoms with van der Waals surface area (Å²) in [6.07, 6.45) is 4.18. The Morgan fingerprint density at radius 3 is 2.36 bits per heavy atom. The molecule has 130 valence electrons. The lowest BCUT2D eigenvalue weighted by atomic mass is 9.85. The van der Waals surface area contributed by atoms with Gasteiger partial charge in [-0.05, 0) is 37.3 Å². The average Bonchev–Trinajstić information content (AvgIpc) is 3.23. The minimum absolute atomic E-state index is 0.0594. The fraction of sp³-hybridized carbons (Fsp3) is 0.389. The molecule has 2 bridgehead atoms. The fourth-order valence-electron chi connectivity index (χ4n) is 4.30. The van der Waals surface area contributed by atoms with E-state index >= 15 is 0 Å². The van der Waals surface area contributed by atoms with Crippen molar-refractivity contribution in [2.24, 2.45) is 23.7 Å². The van der Waals surface area contributed by atoms with Gasteiger partial charge in [-0.25, -0.2) is 4.79 Å². The summed E-state index contributed by atoms with van der Waals surface area (Å²) < 4.78 is 0. The Kier molecular flexibility index (Phi) is 3.52. The first-order valence-electron chi connectivity index (χ1n) is 8.38. The first-order valence-corrected chi connectivity index (χ1v) is 8.38. The predicted molar refractivity (Wildman–Crippen MR) is 89.3 cm³/mol. The number of carbonyl (C=O) groups excluding carboxylic acids is 3. The molecule has 1 aromatic carbocycles. The highest BCUT2D eigenvalue weighted by molar-refractivity contribution is 6.07. The number of para-hydroxylation sites is 2. The molecule has 5 atom stereocenters. The van der Waals surface area contributed by atoms with Crippen LogP contribution in [0.3, 0.4) is 0 Å². The van der Waals surface area contributed by atoms with E-state index in [4.69, 9.17) is 0 Å². The van der Waals surface area contributed by atoms with E-state index < -0.39 is 12.2 Å². The van der Waals surface area contributed by atoms with Gasteiger partial charge in [-0.3, -0.25) is 14.5 Å². The predicted octanol–water partition coefficient (Wildman–Crippen LogP) is 1.67. The second-order valence-corrected chi connectivity index (χ2v) is 6.84. The zero-order valence-electron chi connectivity index (χ0n) is 13.7. The molecule has 7 nitrogen and oxygen atoms in total. The summed E-state index contributed by atoms with van der Waals surface area (Å²) in [4.78, 5) is 38.7. The number of hydrogen-bond acceptors (Lipinski definition) is 4. The summed E-state index contributed by atoms with van der Waals surface area (Å²) in [7, 11) is 0. The number of carbonyl (C=O) groups is 3. The van der Waals surface area contributed by atoms with Crippen LogP contribution in [0.2, 0.25) is 0 Å². The van der Waals surface area contributed by atoms with Gasteiger partial charge in [-0.15, -0.1) is 0 Å². The number of phenolic OH excluding ortho intramolecular Hbond substituents is 1. The summed E-state index contributed by atoms with van der Waals surface area (Å²) in [5, 5.41) is 14.8. The van der Waals surface area contributed by atoms with Gasteiger partial charge in [0.1, 0.15) is 11.9 Å². The first-order chi connectivity index (χ1) is 12.0. The van der Waals surface area contributed by atoms with Crippen LogP contribution in [0, 0.1) is 23.7 Å². The van der Waals surface area contributed by atoms with Crippen molar-refractivity contribution in [2.45, 2.75) is 19.5 Å². The Labute approximate surface area is 144 Å². The van der Waals surface area contributed by atoms with Gasteiger partial charge in [-0.2, -0.15) is 0 Å². The number of anilines is 1. The van der Waals surface area contributed by atoms with Crippen molar-refractivity contribution in [1.82, 2.24) is 10.2 Å². The highest BCUT2D eigenvalue weighted by atomic mass is 16.3. The van der Waals surface area contributed by atoms with Gasteiger partial charge in [0.25, 0.3) is 0 Å². The highest BCUT2D eigenvalue weighted by Gasteiger charge is 2.60. The maximum atomic E-state index is 12.7. The topological polar surface area (TPSA) is 98.7 Å². The van der Waals surface area contributed by atoms with Crippen LogP contribution in [0.4, 0.5) is 10.5 Å². The smallest absolute Gasteiger partial charge is 0.320 e. The molecule has 2 fully saturated rings. The van der Waals surface area contributed by atoms with Gasteiger partial charge >= 0.3 is 6.03 Å². The lowest BCUT2D eigenvalue weighted by Crippen LogP contribution is -2.51. The molecular weight excluding hydrogens is 322 g/mol. The number of fused-ring (bicyclic) bond motifs is 5. The monoisotopic (exact) mass is 341 g/mol. The van der Waals surface area contributed by atoms with Crippen LogP contribution in [-0.2, 0) is 9.59 Å². The normalized spacial score (nSPS) is 30.5. The second-order valence-electron chi connectivity index (χ2n) is 6.84. The summed E-state index contributed by atoms with van der Waals surface area (Å²) in [6, 6.07) is 5.74. The molecule has 1 aromatic rings. The van der Waals surface area contributed by atoms with Crippen molar-refractivity contribution >= 4 is 23.5 Å². The van der Waals surface area contributed by atoms with Gasteiger partial charge < -0.3 is 15.7 Å². The van der Waals surface area contributed by atoms with E-state index in [2.05, 4.69) is 10.6 Å². The maximum Gasteiger partial charge on any atom is 0.320 e. The van der Waals surface area contributed by atoms with Crippen LogP contribution in [0.5, 0.6) is 5.75 Å². The number of urea groups is 1. The zero-order valence-corrected chi connectivity index (χ0v) is 13.7. The number of aromatic hydroxyl groups is 1. The van der Waals surface area contributed by atoms with Gasteiger partial charge in [0.15, 0.2) is 0 Å². The molecule has 25 heavy (non-hydrogen) atoms.